The van der Waals surface area contributed by atoms with Crippen LogP contribution in [0.1, 0.15) is 47.6 Å². The summed E-state index contributed by atoms with van der Waals surface area (Å²) < 4.78 is 26.7. The summed E-state index contributed by atoms with van der Waals surface area (Å²) in [5.41, 5.74) is 1.48. The van der Waals surface area contributed by atoms with Gasteiger partial charge in [0.25, 0.3) is 5.91 Å². The van der Waals surface area contributed by atoms with E-state index >= 15 is 0 Å². The van der Waals surface area contributed by atoms with E-state index in [1.807, 2.05) is 0 Å². The van der Waals surface area contributed by atoms with E-state index in [1.54, 1.807) is 12.1 Å². The quantitative estimate of drug-likeness (QED) is 0.782. The fourth-order valence-corrected chi connectivity index (χ4v) is 6.28. The molecule has 0 spiro atoms. The Hall–Kier alpha value is -1.81. The summed E-state index contributed by atoms with van der Waals surface area (Å²) in [7, 11) is -3.47. The van der Waals surface area contributed by atoms with Gasteiger partial charge in [-0.25, -0.2) is 13.4 Å². The molecule has 156 valence electrons. The number of benzene rings is 1. The van der Waals surface area contributed by atoms with Gasteiger partial charge in [0.15, 0.2) is 5.13 Å². The zero-order valence-corrected chi connectivity index (χ0v) is 18.4. The molecule has 0 unspecified atom stereocenters. The number of thiazole rings is 1. The molecule has 2 aromatic rings. The largest absolute Gasteiger partial charge is 0.298 e. The summed E-state index contributed by atoms with van der Waals surface area (Å²) in [5.74, 6) is -0.276. The molecular formula is C20H26N4O3S2. The average Bonchev–Trinajstić information content (AvgIpc) is 3.37. The predicted octanol–water partition coefficient (Wildman–Crippen LogP) is 2.95. The van der Waals surface area contributed by atoms with Crippen LogP contribution in [0.3, 0.4) is 0 Å². The normalized spacial score (nSPS) is 18.2. The highest BCUT2D eigenvalue weighted by atomic mass is 32.2. The molecule has 1 aromatic carbocycles. The Morgan fingerprint density at radius 1 is 1.14 bits per heavy atom. The Morgan fingerprint density at radius 3 is 2.48 bits per heavy atom. The number of aromatic nitrogens is 1. The molecule has 1 N–H and O–H groups in total. The fraction of sp³-hybridized carbons (Fsp3) is 0.500. The fourth-order valence-electron chi connectivity index (χ4n) is 3.73. The highest BCUT2D eigenvalue weighted by Gasteiger charge is 2.27. The summed E-state index contributed by atoms with van der Waals surface area (Å²) in [6.45, 7) is 7.34. The third-order valence-corrected chi connectivity index (χ3v) is 8.44. The molecule has 0 atom stereocenters. The lowest BCUT2D eigenvalue weighted by atomic mass is 10.1. The molecule has 3 heterocycles. The lowest BCUT2D eigenvalue weighted by molar-refractivity contribution is 0.102. The molecule has 4 rings (SSSR count). The van der Waals surface area contributed by atoms with Gasteiger partial charge in [0.2, 0.25) is 10.0 Å². The number of nitrogens with one attached hydrogen (secondary N) is 1. The highest BCUT2D eigenvalue weighted by Crippen LogP contribution is 2.29. The predicted molar refractivity (Wildman–Crippen MR) is 114 cm³/mol. The van der Waals surface area contributed by atoms with Gasteiger partial charge in [0.1, 0.15) is 0 Å². The van der Waals surface area contributed by atoms with Crippen LogP contribution in [0.4, 0.5) is 5.13 Å². The maximum absolute atomic E-state index is 12.6. The molecule has 0 aliphatic carbocycles. The Labute approximate surface area is 175 Å². The molecule has 29 heavy (non-hydrogen) atoms. The monoisotopic (exact) mass is 434 g/mol. The van der Waals surface area contributed by atoms with Crippen LogP contribution < -0.4 is 5.32 Å². The van der Waals surface area contributed by atoms with Crippen LogP contribution in [0.2, 0.25) is 0 Å². The Morgan fingerprint density at radius 2 is 1.83 bits per heavy atom. The summed E-state index contributed by atoms with van der Waals surface area (Å²) >= 11 is 1.52. The second-order valence-electron chi connectivity index (χ2n) is 7.79. The molecular weight excluding hydrogens is 408 g/mol. The summed E-state index contributed by atoms with van der Waals surface area (Å²) in [4.78, 5) is 21.0. The van der Waals surface area contributed by atoms with Crippen LogP contribution in [0.5, 0.6) is 0 Å². The Kier molecular flexibility index (Phi) is 5.74. The average molecular weight is 435 g/mol. The SMILES string of the molecule is CC(C)N1CCc2nc(NC(=O)c3ccc(S(=O)(=O)N4CCCC4)cc3)sc2C1. The number of sulfonamides is 1. The van der Waals surface area contributed by atoms with Gasteiger partial charge in [-0.05, 0) is 51.0 Å². The standard InChI is InChI=1S/C20H26N4O3S2/c1-14(2)23-12-9-17-18(13-23)28-20(21-17)22-19(25)15-5-7-16(8-6-15)29(26,27)24-10-3-4-11-24/h5-8,14H,3-4,9-13H2,1-2H3,(H,21,22,25). The molecule has 1 fully saturated rings. The van der Waals surface area contributed by atoms with E-state index in [9.17, 15) is 13.2 Å². The molecule has 1 amide bonds. The lowest BCUT2D eigenvalue weighted by Gasteiger charge is -2.29. The molecule has 0 bridgehead atoms. The van der Waals surface area contributed by atoms with E-state index in [0.717, 1.165) is 38.0 Å². The van der Waals surface area contributed by atoms with Crippen molar-refractivity contribution < 1.29 is 13.2 Å². The third kappa shape index (κ3) is 4.23. The minimum Gasteiger partial charge on any atom is -0.298 e. The zero-order valence-electron chi connectivity index (χ0n) is 16.7. The first-order valence-corrected chi connectivity index (χ1v) is 12.2. The van der Waals surface area contributed by atoms with Crippen molar-refractivity contribution in [1.29, 1.82) is 0 Å². The Balaban J connectivity index is 1.44. The number of rotatable bonds is 5. The van der Waals surface area contributed by atoms with Crippen LogP contribution in [-0.2, 0) is 23.0 Å². The lowest BCUT2D eigenvalue weighted by Crippen LogP contribution is -2.35. The van der Waals surface area contributed by atoms with Gasteiger partial charge >= 0.3 is 0 Å². The number of anilines is 1. The van der Waals surface area contributed by atoms with E-state index < -0.39 is 10.0 Å². The summed E-state index contributed by atoms with van der Waals surface area (Å²) in [6.07, 6.45) is 2.68. The topological polar surface area (TPSA) is 82.6 Å². The summed E-state index contributed by atoms with van der Waals surface area (Å²) in [5, 5.41) is 3.46. The molecule has 9 heteroatoms. The van der Waals surface area contributed by atoms with Crippen LogP contribution in [0, 0.1) is 0 Å². The maximum atomic E-state index is 12.6. The van der Waals surface area contributed by atoms with Gasteiger partial charge in [-0.15, -0.1) is 11.3 Å². The van der Waals surface area contributed by atoms with Crippen LogP contribution in [0.15, 0.2) is 29.2 Å². The van der Waals surface area contributed by atoms with Gasteiger partial charge in [0.05, 0.1) is 10.6 Å². The minimum absolute atomic E-state index is 0.231. The number of hydrogen-bond acceptors (Lipinski definition) is 6. The van der Waals surface area contributed by atoms with Crippen molar-refractivity contribution >= 4 is 32.4 Å². The van der Waals surface area contributed by atoms with Gasteiger partial charge in [-0.1, -0.05) is 0 Å². The van der Waals surface area contributed by atoms with Gasteiger partial charge in [-0.3, -0.25) is 15.0 Å². The van der Waals surface area contributed by atoms with Crippen LogP contribution >= 0.6 is 11.3 Å². The third-order valence-electron chi connectivity index (χ3n) is 5.53. The van der Waals surface area contributed by atoms with Crippen LogP contribution in [0.25, 0.3) is 0 Å². The van der Waals surface area contributed by atoms with E-state index in [4.69, 9.17) is 0 Å². The van der Waals surface area contributed by atoms with Gasteiger partial charge in [-0.2, -0.15) is 4.31 Å². The molecule has 2 aliphatic rings. The number of fused-ring (bicyclic) bond motifs is 1. The maximum Gasteiger partial charge on any atom is 0.257 e. The van der Waals surface area contributed by atoms with Crippen molar-refractivity contribution in [3.63, 3.8) is 0 Å². The molecule has 1 aromatic heterocycles. The number of hydrogen-bond donors (Lipinski definition) is 1. The molecule has 7 nitrogen and oxygen atoms in total. The van der Waals surface area contributed by atoms with E-state index in [-0.39, 0.29) is 10.8 Å². The van der Waals surface area contributed by atoms with Crippen molar-refractivity contribution in [3.8, 4) is 0 Å². The van der Waals surface area contributed by atoms with E-state index in [2.05, 4.69) is 29.0 Å². The second kappa shape index (κ2) is 8.14. The van der Waals surface area contributed by atoms with Gasteiger partial charge in [0, 0.05) is 49.1 Å². The number of carbonyl (C=O) groups excluding carboxylic acids is 1. The zero-order chi connectivity index (χ0) is 20.6. The molecule has 0 radical (unpaired) electrons. The van der Waals surface area contributed by atoms with Crippen molar-refractivity contribution in [2.75, 3.05) is 25.0 Å². The number of nitrogens with zero attached hydrogens (tertiary/aromatic N) is 3. The number of amides is 1. The van der Waals surface area contributed by atoms with E-state index in [1.165, 1.54) is 32.7 Å². The first-order chi connectivity index (χ1) is 13.8. The van der Waals surface area contributed by atoms with Crippen molar-refractivity contribution in [1.82, 2.24) is 14.2 Å². The molecule has 1 saturated heterocycles. The van der Waals surface area contributed by atoms with Crippen molar-refractivity contribution in [2.45, 2.75) is 50.6 Å². The van der Waals surface area contributed by atoms with Crippen molar-refractivity contribution in [3.05, 3.63) is 40.4 Å². The number of carbonyl (C=O) groups is 1. The molecule has 0 saturated carbocycles. The van der Waals surface area contributed by atoms with Crippen molar-refractivity contribution in [2.24, 2.45) is 0 Å². The minimum atomic E-state index is -3.47. The second-order valence-corrected chi connectivity index (χ2v) is 10.8. The molecule has 2 aliphatic heterocycles. The first-order valence-electron chi connectivity index (χ1n) is 9.99. The smallest absolute Gasteiger partial charge is 0.257 e. The van der Waals surface area contributed by atoms with Crippen LogP contribution in [-0.4, -0.2) is 54.2 Å². The van der Waals surface area contributed by atoms with E-state index in [0.29, 0.717) is 29.8 Å². The summed E-state index contributed by atoms with van der Waals surface area (Å²) in [6, 6.07) is 6.63. The Bertz CT molecular complexity index is 993. The highest BCUT2D eigenvalue weighted by molar-refractivity contribution is 7.89. The first kappa shape index (κ1) is 20.5. The van der Waals surface area contributed by atoms with Gasteiger partial charge < -0.3 is 0 Å².